The zero-order chi connectivity index (χ0) is 8.55. The van der Waals surface area contributed by atoms with E-state index in [0.717, 1.165) is 12.0 Å². The number of nitrogens with zero attached hydrogens (tertiary/aromatic N) is 2. The summed E-state index contributed by atoms with van der Waals surface area (Å²) in [7, 11) is 2.24. The Balaban J connectivity index is 2.01. The summed E-state index contributed by atoms with van der Waals surface area (Å²) >= 11 is 0. The van der Waals surface area contributed by atoms with Gasteiger partial charge in [0.25, 0.3) is 0 Å². The third-order valence-electron chi connectivity index (χ3n) is 3.34. The molecule has 2 atom stereocenters. The van der Waals surface area contributed by atoms with E-state index in [4.69, 9.17) is 0 Å². The monoisotopic (exact) mass is 168 g/mol. The molecule has 0 aromatic carbocycles. The molecule has 2 heterocycles. The Labute approximate surface area is 75.5 Å². The van der Waals surface area contributed by atoms with Gasteiger partial charge < -0.3 is 0 Å². The molecule has 0 saturated carbocycles. The first kappa shape index (κ1) is 8.52. The molecule has 2 aliphatic heterocycles. The maximum atomic E-state index is 2.66. The lowest BCUT2D eigenvalue weighted by molar-refractivity contribution is -0.00450. The van der Waals surface area contributed by atoms with E-state index < -0.39 is 0 Å². The van der Waals surface area contributed by atoms with E-state index >= 15 is 0 Å². The molecule has 2 fully saturated rings. The van der Waals surface area contributed by atoms with Crippen LogP contribution in [-0.2, 0) is 0 Å². The van der Waals surface area contributed by atoms with Crippen LogP contribution < -0.4 is 0 Å². The van der Waals surface area contributed by atoms with Gasteiger partial charge in [-0.25, -0.2) is 0 Å². The minimum atomic E-state index is 0.879. The van der Waals surface area contributed by atoms with Gasteiger partial charge in [0.05, 0.1) is 6.67 Å². The first-order valence-corrected chi connectivity index (χ1v) is 5.20. The number of piperidine rings is 1. The number of hydrogen-bond acceptors (Lipinski definition) is 2. The SMILES string of the molecule is C[C@H]1CN(C)CN2CCCC[C@H]12. The van der Waals surface area contributed by atoms with E-state index in [2.05, 4.69) is 23.8 Å². The Bertz CT molecular complexity index is 158. The van der Waals surface area contributed by atoms with Crippen molar-refractivity contribution in [1.29, 1.82) is 0 Å². The van der Waals surface area contributed by atoms with Crippen molar-refractivity contribution < 1.29 is 0 Å². The van der Waals surface area contributed by atoms with Gasteiger partial charge in [-0.3, -0.25) is 9.80 Å². The van der Waals surface area contributed by atoms with Crippen LogP contribution in [0.5, 0.6) is 0 Å². The van der Waals surface area contributed by atoms with Crippen LogP contribution in [0, 0.1) is 5.92 Å². The number of rotatable bonds is 0. The van der Waals surface area contributed by atoms with Crippen LogP contribution in [0.4, 0.5) is 0 Å². The van der Waals surface area contributed by atoms with Crippen molar-refractivity contribution in [3.8, 4) is 0 Å². The Morgan fingerprint density at radius 1 is 1.25 bits per heavy atom. The summed E-state index contributed by atoms with van der Waals surface area (Å²) in [6.45, 7) is 6.23. The highest BCUT2D eigenvalue weighted by molar-refractivity contribution is 4.85. The van der Waals surface area contributed by atoms with Crippen LogP contribution in [0.3, 0.4) is 0 Å². The molecule has 0 aromatic rings. The molecule has 0 spiro atoms. The van der Waals surface area contributed by atoms with Gasteiger partial charge in [0, 0.05) is 12.6 Å². The molecule has 0 bridgehead atoms. The van der Waals surface area contributed by atoms with Crippen molar-refractivity contribution in [2.24, 2.45) is 5.92 Å². The van der Waals surface area contributed by atoms with Crippen molar-refractivity contribution in [3.05, 3.63) is 0 Å². The summed E-state index contributed by atoms with van der Waals surface area (Å²) in [5, 5.41) is 0. The van der Waals surface area contributed by atoms with E-state index in [0.29, 0.717) is 0 Å². The lowest BCUT2D eigenvalue weighted by Crippen LogP contribution is -2.55. The van der Waals surface area contributed by atoms with Crippen LogP contribution in [0.25, 0.3) is 0 Å². The molecule has 0 unspecified atom stereocenters. The van der Waals surface area contributed by atoms with E-state index in [1.54, 1.807) is 0 Å². The molecule has 12 heavy (non-hydrogen) atoms. The van der Waals surface area contributed by atoms with Crippen LogP contribution >= 0.6 is 0 Å². The van der Waals surface area contributed by atoms with Crippen molar-refractivity contribution >= 4 is 0 Å². The number of fused-ring (bicyclic) bond motifs is 1. The molecule has 2 heteroatoms. The smallest absolute Gasteiger partial charge is 0.0506 e. The van der Waals surface area contributed by atoms with E-state index in [9.17, 15) is 0 Å². The van der Waals surface area contributed by atoms with Gasteiger partial charge in [0.15, 0.2) is 0 Å². The second-order valence-corrected chi connectivity index (χ2v) is 4.53. The van der Waals surface area contributed by atoms with Crippen LogP contribution in [0.1, 0.15) is 26.2 Å². The largest absolute Gasteiger partial charge is 0.293 e. The molecule has 0 N–H and O–H groups in total. The second-order valence-electron chi connectivity index (χ2n) is 4.53. The maximum absolute atomic E-state index is 2.66. The fourth-order valence-corrected chi connectivity index (χ4v) is 2.82. The maximum Gasteiger partial charge on any atom is 0.0506 e. The summed E-state index contributed by atoms with van der Waals surface area (Å²) in [6, 6.07) is 0.898. The zero-order valence-corrected chi connectivity index (χ0v) is 8.29. The van der Waals surface area contributed by atoms with Crippen molar-refractivity contribution in [2.75, 3.05) is 26.8 Å². The second kappa shape index (κ2) is 3.35. The highest BCUT2D eigenvalue weighted by Crippen LogP contribution is 2.26. The lowest BCUT2D eigenvalue weighted by Gasteiger charge is -2.46. The topological polar surface area (TPSA) is 6.48 Å². The molecule has 0 radical (unpaired) electrons. The number of hydrogen-bond donors (Lipinski definition) is 0. The Hall–Kier alpha value is -0.0800. The van der Waals surface area contributed by atoms with Crippen LogP contribution in [-0.4, -0.2) is 42.6 Å². The Morgan fingerprint density at radius 2 is 2.08 bits per heavy atom. The fourth-order valence-electron chi connectivity index (χ4n) is 2.82. The van der Waals surface area contributed by atoms with Crippen LogP contribution in [0.15, 0.2) is 0 Å². The van der Waals surface area contributed by atoms with E-state index in [1.165, 1.54) is 39.0 Å². The summed E-state index contributed by atoms with van der Waals surface area (Å²) in [4.78, 5) is 5.12. The average molecular weight is 168 g/mol. The summed E-state index contributed by atoms with van der Waals surface area (Å²) < 4.78 is 0. The van der Waals surface area contributed by atoms with Gasteiger partial charge in [0.1, 0.15) is 0 Å². The molecule has 2 saturated heterocycles. The summed E-state index contributed by atoms with van der Waals surface area (Å²) in [5.41, 5.74) is 0. The normalized spacial score (nSPS) is 39.5. The molecule has 2 rings (SSSR count). The van der Waals surface area contributed by atoms with Gasteiger partial charge >= 0.3 is 0 Å². The molecule has 70 valence electrons. The highest BCUT2D eigenvalue weighted by atomic mass is 15.3. The molecular weight excluding hydrogens is 148 g/mol. The van der Waals surface area contributed by atoms with E-state index in [1.807, 2.05) is 0 Å². The molecular formula is C10H20N2. The summed E-state index contributed by atoms with van der Waals surface area (Å²) in [6.07, 6.45) is 4.31. The first-order chi connectivity index (χ1) is 5.77. The Morgan fingerprint density at radius 3 is 2.92 bits per heavy atom. The van der Waals surface area contributed by atoms with Crippen molar-refractivity contribution in [3.63, 3.8) is 0 Å². The molecule has 0 aliphatic carbocycles. The molecule has 2 nitrogen and oxygen atoms in total. The predicted molar refractivity (Wildman–Crippen MR) is 51.0 cm³/mol. The van der Waals surface area contributed by atoms with Gasteiger partial charge in [-0.15, -0.1) is 0 Å². The third kappa shape index (κ3) is 1.50. The van der Waals surface area contributed by atoms with Crippen molar-refractivity contribution in [1.82, 2.24) is 9.80 Å². The van der Waals surface area contributed by atoms with Gasteiger partial charge in [-0.05, 0) is 32.4 Å². The predicted octanol–water partition coefficient (Wildman–Crippen LogP) is 1.38. The minimum absolute atomic E-state index is 0.879. The molecule has 2 aliphatic rings. The molecule has 0 amide bonds. The Kier molecular flexibility index (Phi) is 2.37. The standard InChI is InChI=1S/C10H20N2/c1-9-7-11(2)8-12-6-4-3-5-10(9)12/h9-10H,3-8H2,1-2H3/t9-,10+/m0/s1. The van der Waals surface area contributed by atoms with Crippen molar-refractivity contribution in [2.45, 2.75) is 32.2 Å². The van der Waals surface area contributed by atoms with Gasteiger partial charge in [-0.1, -0.05) is 13.3 Å². The van der Waals surface area contributed by atoms with Gasteiger partial charge in [0.2, 0.25) is 0 Å². The van der Waals surface area contributed by atoms with E-state index in [-0.39, 0.29) is 0 Å². The quantitative estimate of drug-likeness (QED) is 0.539. The first-order valence-electron chi connectivity index (χ1n) is 5.20. The lowest BCUT2D eigenvalue weighted by atomic mass is 9.90. The summed E-state index contributed by atoms with van der Waals surface area (Å²) in [5.74, 6) is 0.879. The molecule has 0 aromatic heterocycles. The van der Waals surface area contributed by atoms with Gasteiger partial charge in [-0.2, -0.15) is 0 Å². The third-order valence-corrected chi connectivity index (χ3v) is 3.34. The zero-order valence-electron chi connectivity index (χ0n) is 8.29. The van der Waals surface area contributed by atoms with Crippen LogP contribution in [0.2, 0.25) is 0 Å². The fraction of sp³-hybridized carbons (Fsp3) is 1.00. The highest BCUT2D eigenvalue weighted by Gasteiger charge is 2.32. The minimum Gasteiger partial charge on any atom is -0.293 e. The average Bonchev–Trinajstić information content (AvgIpc) is 2.04.